The Morgan fingerprint density at radius 1 is 1.11 bits per heavy atom. The number of ether oxygens (including phenoxy) is 2. The van der Waals surface area contributed by atoms with Crippen molar-refractivity contribution < 1.29 is 9.47 Å². The zero-order chi connectivity index (χ0) is 14.0. The van der Waals surface area contributed by atoms with Gasteiger partial charge in [0.25, 0.3) is 0 Å². The van der Waals surface area contributed by atoms with E-state index in [2.05, 4.69) is 10.2 Å². The molecule has 0 amide bonds. The van der Waals surface area contributed by atoms with Crippen molar-refractivity contribution in [2.75, 3.05) is 14.2 Å². The van der Waals surface area contributed by atoms with Gasteiger partial charge in [-0.25, -0.2) is 0 Å². The highest BCUT2D eigenvalue weighted by Gasteiger charge is 2.17. The first-order valence-corrected chi connectivity index (χ1v) is 6.39. The van der Waals surface area contributed by atoms with Crippen LogP contribution in [0.2, 0.25) is 10.3 Å². The minimum atomic E-state index is 0.263. The molecule has 102 valence electrons. The van der Waals surface area contributed by atoms with Crippen LogP contribution in [0.15, 0.2) is 12.1 Å². The van der Waals surface area contributed by atoms with Crippen molar-refractivity contribution in [1.82, 2.24) is 14.8 Å². The molecule has 2 rings (SSSR count). The Hall–Kier alpha value is -1.46. The first-order chi connectivity index (χ1) is 9.12. The van der Waals surface area contributed by atoms with Gasteiger partial charge in [0.05, 0.1) is 24.9 Å². The summed E-state index contributed by atoms with van der Waals surface area (Å²) in [5, 5.41) is 8.61. The van der Waals surface area contributed by atoms with E-state index >= 15 is 0 Å². The Kier molecular flexibility index (Phi) is 4.17. The number of aryl methyl sites for hydroxylation is 1. The quantitative estimate of drug-likeness (QED) is 0.870. The van der Waals surface area contributed by atoms with Gasteiger partial charge in [0, 0.05) is 18.6 Å². The largest absolute Gasteiger partial charge is 0.495 e. The van der Waals surface area contributed by atoms with E-state index in [9.17, 15) is 0 Å². The molecule has 0 bridgehead atoms. The number of rotatable bonds is 4. The molecule has 0 aliphatic carbocycles. The third kappa shape index (κ3) is 2.48. The lowest BCUT2D eigenvalue weighted by Gasteiger charge is -2.14. The molecular formula is C12H13Cl2N3O2. The molecule has 0 aliphatic rings. The molecule has 0 spiro atoms. The van der Waals surface area contributed by atoms with E-state index in [1.54, 1.807) is 30.9 Å². The summed E-state index contributed by atoms with van der Waals surface area (Å²) in [5.74, 6) is 1.83. The monoisotopic (exact) mass is 301 g/mol. The van der Waals surface area contributed by atoms with Crippen LogP contribution >= 0.6 is 23.2 Å². The number of hydrogen-bond acceptors (Lipinski definition) is 4. The standard InChI is InChI=1S/C12H13Cl2N3O2/c1-4-11-15-16-12(14)17(11)8-6-9(18-2)7(13)5-10(8)19-3/h5-6H,4H2,1-3H3. The van der Waals surface area contributed by atoms with E-state index in [0.717, 1.165) is 5.82 Å². The van der Waals surface area contributed by atoms with E-state index in [4.69, 9.17) is 32.7 Å². The van der Waals surface area contributed by atoms with Gasteiger partial charge in [-0.15, -0.1) is 10.2 Å². The normalized spacial score (nSPS) is 10.6. The third-order valence-electron chi connectivity index (χ3n) is 2.70. The summed E-state index contributed by atoms with van der Waals surface area (Å²) in [5.41, 5.74) is 0.690. The molecular weight excluding hydrogens is 289 g/mol. The molecule has 0 aliphatic heterocycles. The predicted octanol–water partition coefficient (Wildman–Crippen LogP) is 3.15. The second-order valence-electron chi connectivity index (χ2n) is 3.73. The molecule has 0 N–H and O–H groups in total. The van der Waals surface area contributed by atoms with Crippen molar-refractivity contribution >= 4 is 23.2 Å². The van der Waals surface area contributed by atoms with Gasteiger partial charge in [-0.2, -0.15) is 0 Å². The van der Waals surface area contributed by atoms with Crippen LogP contribution < -0.4 is 9.47 Å². The number of hydrogen-bond donors (Lipinski definition) is 0. The maximum Gasteiger partial charge on any atom is 0.229 e. The lowest BCUT2D eigenvalue weighted by atomic mass is 10.2. The fourth-order valence-electron chi connectivity index (χ4n) is 1.78. The summed E-state index contributed by atoms with van der Waals surface area (Å²) >= 11 is 12.2. The molecule has 1 heterocycles. The van der Waals surface area contributed by atoms with Gasteiger partial charge in [0.2, 0.25) is 5.28 Å². The molecule has 5 nitrogen and oxygen atoms in total. The molecule has 0 saturated carbocycles. The smallest absolute Gasteiger partial charge is 0.229 e. The Bertz CT molecular complexity index is 599. The van der Waals surface area contributed by atoms with Crippen LogP contribution in [0.3, 0.4) is 0 Å². The highest BCUT2D eigenvalue weighted by atomic mass is 35.5. The van der Waals surface area contributed by atoms with E-state index in [-0.39, 0.29) is 5.28 Å². The first-order valence-electron chi connectivity index (χ1n) is 5.64. The second kappa shape index (κ2) is 5.67. The summed E-state index contributed by atoms with van der Waals surface area (Å²) in [4.78, 5) is 0. The van der Waals surface area contributed by atoms with Crippen molar-refractivity contribution in [2.24, 2.45) is 0 Å². The van der Waals surface area contributed by atoms with E-state index in [1.165, 1.54) is 0 Å². The van der Waals surface area contributed by atoms with Gasteiger partial charge >= 0.3 is 0 Å². The van der Waals surface area contributed by atoms with Crippen LogP contribution in [0.5, 0.6) is 11.5 Å². The predicted molar refractivity (Wildman–Crippen MR) is 73.9 cm³/mol. The van der Waals surface area contributed by atoms with Crippen molar-refractivity contribution in [3.63, 3.8) is 0 Å². The Morgan fingerprint density at radius 3 is 2.37 bits per heavy atom. The average molecular weight is 302 g/mol. The molecule has 0 fully saturated rings. The lowest BCUT2D eigenvalue weighted by molar-refractivity contribution is 0.401. The molecule has 7 heteroatoms. The SMILES string of the molecule is CCc1nnc(Cl)n1-c1cc(OC)c(Cl)cc1OC. The summed E-state index contributed by atoms with van der Waals surface area (Å²) in [7, 11) is 3.11. The van der Waals surface area contributed by atoms with Crippen LogP contribution in [-0.4, -0.2) is 29.0 Å². The van der Waals surface area contributed by atoms with E-state index in [0.29, 0.717) is 28.6 Å². The number of methoxy groups -OCH3 is 2. The maximum absolute atomic E-state index is 6.08. The highest BCUT2D eigenvalue weighted by molar-refractivity contribution is 6.32. The Labute approximate surface area is 121 Å². The number of aromatic nitrogens is 3. The summed E-state index contributed by atoms with van der Waals surface area (Å²) in [6, 6.07) is 3.42. The first kappa shape index (κ1) is 14.0. The second-order valence-corrected chi connectivity index (χ2v) is 4.48. The van der Waals surface area contributed by atoms with E-state index in [1.807, 2.05) is 6.92 Å². The Morgan fingerprint density at radius 2 is 1.79 bits per heavy atom. The van der Waals surface area contributed by atoms with Crippen LogP contribution in [0.1, 0.15) is 12.7 Å². The molecule has 1 aromatic heterocycles. The van der Waals surface area contributed by atoms with Crippen molar-refractivity contribution in [1.29, 1.82) is 0 Å². The summed E-state index contributed by atoms with van der Waals surface area (Å²) in [6.45, 7) is 1.97. The topological polar surface area (TPSA) is 49.2 Å². The fraction of sp³-hybridized carbons (Fsp3) is 0.333. The van der Waals surface area contributed by atoms with Crippen LogP contribution in [0, 0.1) is 0 Å². The highest BCUT2D eigenvalue weighted by Crippen LogP contribution is 2.36. The molecule has 1 aromatic carbocycles. The van der Waals surface area contributed by atoms with Crippen molar-refractivity contribution in [2.45, 2.75) is 13.3 Å². The zero-order valence-electron chi connectivity index (χ0n) is 10.8. The van der Waals surface area contributed by atoms with Gasteiger partial charge in [0.1, 0.15) is 17.3 Å². The number of nitrogens with zero attached hydrogens (tertiary/aromatic N) is 3. The van der Waals surface area contributed by atoms with Gasteiger partial charge in [-0.3, -0.25) is 4.57 Å². The molecule has 0 radical (unpaired) electrons. The lowest BCUT2D eigenvalue weighted by Crippen LogP contribution is -2.03. The minimum Gasteiger partial charge on any atom is -0.495 e. The average Bonchev–Trinajstić information content (AvgIpc) is 2.79. The zero-order valence-corrected chi connectivity index (χ0v) is 12.3. The fourth-order valence-corrected chi connectivity index (χ4v) is 2.24. The number of benzene rings is 1. The molecule has 2 aromatic rings. The van der Waals surface area contributed by atoms with Crippen LogP contribution in [-0.2, 0) is 6.42 Å². The van der Waals surface area contributed by atoms with E-state index < -0.39 is 0 Å². The van der Waals surface area contributed by atoms with Crippen LogP contribution in [0.4, 0.5) is 0 Å². The summed E-state index contributed by atoms with van der Waals surface area (Å²) < 4.78 is 12.2. The van der Waals surface area contributed by atoms with Crippen LogP contribution in [0.25, 0.3) is 5.69 Å². The van der Waals surface area contributed by atoms with Crippen molar-refractivity contribution in [3.8, 4) is 17.2 Å². The molecule has 0 saturated heterocycles. The molecule has 19 heavy (non-hydrogen) atoms. The number of halogens is 2. The third-order valence-corrected chi connectivity index (χ3v) is 3.24. The minimum absolute atomic E-state index is 0.263. The maximum atomic E-state index is 6.08. The van der Waals surface area contributed by atoms with Gasteiger partial charge in [-0.05, 0) is 11.6 Å². The van der Waals surface area contributed by atoms with Gasteiger partial charge in [-0.1, -0.05) is 18.5 Å². The summed E-state index contributed by atoms with van der Waals surface area (Å²) in [6.07, 6.45) is 0.688. The van der Waals surface area contributed by atoms with Gasteiger partial charge < -0.3 is 9.47 Å². The molecule has 0 atom stereocenters. The van der Waals surface area contributed by atoms with Gasteiger partial charge in [0.15, 0.2) is 0 Å². The Balaban J connectivity index is 2.69. The molecule has 0 unspecified atom stereocenters. The van der Waals surface area contributed by atoms with Crippen molar-refractivity contribution in [3.05, 3.63) is 28.3 Å².